The van der Waals surface area contributed by atoms with Gasteiger partial charge in [-0.2, -0.15) is 0 Å². The van der Waals surface area contributed by atoms with E-state index in [1.165, 1.54) is 36.4 Å². The largest absolute Gasteiger partial charge is 0.507 e. The maximum atomic E-state index is 13.4. The number of hydrogen-bond donors (Lipinski definition) is 1. The zero-order valence-corrected chi connectivity index (χ0v) is 22.5. The first-order chi connectivity index (χ1) is 19.2. The number of rotatable bonds is 10. The number of ether oxygens (including phenoxy) is 2. The SMILES string of the molecule is C=CCOC(=O)c1sc(N2C(=O)C(=O)/C(=C(/O)c3cccc(OCCC)c3)C2c2cccc([N+](=O)[O-])c2)nc1C. The molecular formula is C28H25N3O8S. The van der Waals surface area contributed by atoms with Crippen molar-refractivity contribution in [3.8, 4) is 5.75 Å². The molecule has 1 fully saturated rings. The molecule has 1 saturated heterocycles. The van der Waals surface area contributed by atoms with Gasteiger partial charge in [-0.1, -0.05) is 55.2 Å². The van der Waals surface area contributed by atoms with Crippen molar-refractivity contribution in [2.24, 2.45) is 0 Å². The number of esters is 1. The molecule has 206 valence electrons. The first-order valence-electron chi connectivity index (χ1n) is 12.2. The molecule has 0 spiro atoms. The third kappa shape index (κ3) is 5.47. The number of non-ortho nitro benzene ring substituents is 1. The summed E-state index contributed by atoms with van der Waals surface area (Å²) in [7, 11) is 0. The van der Waals surface area contributed by atoms with Gasteiger partial charge in [0.25, 0.3) is 11.5 Å². The van der Waals surface area contributed by atoms with Crippen molar-refractivity contribution in [1.82, 2.24) is 4.98 Å². The fourth-order valence-corrected chi connectivity index (χ4v) is 5.12. The number of anilines is 1. The van der Waals surface area contributed by atoms with Crippen LogP contribution in [0.1, 0.15) is 45.9 Å². The van der Waals surface area contributed by atoms with Crippen LogP contribution in [0.2, 0.25) is 0 Å². The van der Waals surface area contributed by atoms with E-state index >= 15 is 0 Å². The average molecular weight is 564 g/mol. The maximum Gasteiger partial charge on any atom is 0.350 e. The number of aliphatic hydroxyl groups is 1. The molecule has 40 heavy (non-hydrogen) atoms. The van der Waals surface area contributed by atoms with Gasteiger partial charge in [0.2, 0.25) is 0 Å². The zero-order valence-electron chi connectivity index (χ0n) is 21.7. The molecule has 0 aliphatic carbocycles. The molecule has 1 N–H and O–H groups in total. The molecule has 1 amide bonds. The standard InChI is InChI=1S/C28H25N3O8S/c1-4-12-38-20-11-7-9-18(15-20)23(32)21-22(17-8-6-10-19(14-17)31(36)37)30(26(34)24(21)33)28-29-16(3)25(40-28)27(35)39-13-5-2/h5-11,14-15,22,32H,2,4,12-13H2,1,3H3/b23-21+. The molecule has 2 heterocycles. The van der Waals surface area contributed by atoms with Crippen molar-refractivity contribution in [3.63, 3.8) is 0 Å². The van der Waals surface area contributed by atoms with Gasteiger partial charge in [-0.3, -0.25) is 24.6 Å². The number of Topliss-reactive ketones (excluding diaryl/α,β-unsaturated/α-hetero) is 1. The van der Waals surface area contributed by atoms with Gasteiger partial charge in [0.05, 0.1) is 28.8 Å². The van der Waals surface area contributed by atoms with Crippen molar-refractivity contribution in [1.29, 1.82) is 0 Å². The lowest BCUT2D eigenvalue weighted by Gasteiger charge is -2.23. The molecule has 0 bridgehead atoms. The third-order valence-electron chi connectivity index (χ3n) is 5.93. The second-order valence-electron chi connectivity index (χ2n) is 8.70. The minimum atomic E-state index is -1.28. The van der Waals surface area contributed by atoms with Gasteiger partial charge in [0.15, 0.2) is 5.13 Å². The second-order valence-corrected chi connectivity index (χ2v) is 9.67. The van der Waals surface area contributed by atoms with Crippen LogP contribution in [0.25, 0.3) is 5.76 Å². The Labute approximate surface area is 233 Å². The van der Waals surface area contributed by atoms with Crippen molar-refractivity contribution < 1.29 is 33.9 Å². The highest BCUT2D eigenvalue weighted by atomic mass is 32.1. The van der Waals surface area contributed by atoms with E-state index < -0.39 is 34.4 Å². The van der Waals surface area contributed by atoms with Crippen molar-refractivity contribution in [2.45, 2.75) is 26.3 Å². The Morgan fingerprint density at radius 3 is 2.70 bits per heavy atom. The summed E-state index contributed by atoms with van der Waals surface area (Å²) in [5.74, 6) is -2.76. The number of nitro groups is 1. The van der Waals surface area contributed by atoms with Gasteiger partial charge in [0.1, 0.15) is 23.0 Å². The molecule has 1 unspecified atom stereocenters. The molecule has 0 saturated carbocycles. The molecule has 1 atom stereocenters. The van der Waals surface area contributed by atoms with Crippen LogP contribution in [0.3, 0.4) is 0 Å². The lowest BCUT2D eigenvalue weighted by atomic mass is 9.95. The van der Waals surface area contributed by atoms with Crippen LogP contribution in [0.5, 0.6) is 5.75 Å². The quantitative estimate of drug-likeness (QED) is 0.0675. The van der Waals surface area contributed by atoms with Crippen molar-refractivity contribution in [3.05, 3.63) is 98.6 Å². The number of nitrogens with zero attached hydrogens (tertiary/aromatic N) is 3. The van der Waals surface area contributed by atoms with Crippen LogP contribution in [0, 0.1) is 17.0 Å². The third-order valence-corrected chi connectivity index (χ3v) is 7.07. The Balaban J connectivity index is 1.90. The van der Waals surface area contributed by atoms with E-state index in [0.29, 0.717) is 12.4 Å². The zero-order chi connectivity index (χ0) is 29.0. The summed E-state index contributed by atoms with van der Waals surface area (Å²) in [5.41, 5.74) is 0.0985. The highest BCUT2D eigenvalue weighted by molar-refractivity contribution is 7.17. The van der Waals surface area contributed by atoms with Crippen LogP contribution in [-0.4, -0.2) is 45.9 Å². The highest BCUT2D eigenvalue weighted by Gasteiger charge is 2.48. The number of thiazole rings is 1. The van der Waals surface area contributed by atoms with E-state index in [9.17, 15) is 29.6 Å². The summed E-state index contributed by atoms with van der Waals surface area (Å²) in [4.78, 5) is 55.8. The maximum absolute atomic E-state index is 13.4. The number of aryl methyl sites for hydroxylation is 1. The van der Waals surface area contributed by atoms with E-state index in [2.05, 4.69) is 11.6 Å². The number of nitro benzene ring substituents is 1. The summed E-state index contributed by atoms with van der Waals surface area (Å²) in [6, 6.07) is 10.5. The first kappa shape index (κ1) is 28.2. The minimum Gasteiger partial charge on any atom is -0.507 e. The molecule has 0 radical (unpaired) electrons. The Kier molecular flexibility index (Phi) is 8.39. The predicted molar refractivity (Wildman–Crippen MR) is 147 cm³/mol. The first-order valence-corrected chi connectivity index (χ1v) is 13.0. The average Bonchev–Trinajstić information content (AvgIpc) is 3.46. The van der Waals surface area contributed by atoms with Gasteiger partial charge in [-0.25, -0.2) is 9.78 Å². The van der Waals surface area contributed by atoms with Gasteiger partial charge in [-0.15, -0.1) is 0 Å². The fraction of sp³-hybridized carbons (Fsp3) is 0.214. The van der Waals surface area contributed by atoms with E-state index in [-0.39, 0.29) is 44.7 Å². The van der Waals surface area contributed by atoms with Crippen LogP contribution in [0.4, 0.5) is 10.8 Å². The molecule has 4 rings (SSSR count). The summed E-state index contributed by atoms with van der Waals surface area (Å²) in [6.07, 6.45) is 2.16. The Bertz CT molecular complexity index is 1540. The van der Waals surface area contributed by atoms with E-state index in [4.69, 9.17) is 9.47 Å². The lowest BCUT2D eigenvalue weighted by molar-refractivity contribution is -0.384. The number of ketones is 1. The van der Waals surface area contributed by atoms with Crippen LogP contribution in [0.15, 0.2) is 66.8 Å². The summed E-state index contributed by atoms with van der Waals surface area (Å²) in [6.45, 7) is 7.39. The fourth-order valence-electron chi connectivity index (χ4n) is 4.14. The monoisotopic (exact) mass is 563 g/mol. The molecule has 12 heteroatoms. The molecule has 1 aliphatic rings. The smallest absolute Gasteiger partial charge is 0.350 e. The summed E-state index contributed by atoms with van der Waals surface area (Å²) >= 11 is 0.826. The van der Waals surface area contributed by atoms with Gasteiger partial charge in [-0.05, 0) is 31.0 Å². The van der Waals surface area contributed by atoms with E-state index in [0.717, 1.165) is 22.7 Å². The number of carbonyl (C=O) groups excluding carboxylic acids is 3. The van der Waals surface area contributed by atoms with E-state index in [1.54, 1.807) is 25.1 Å². The molecule has 2 aromatic carbocycles. The van der Waals surface area contributed by atoms with Gasteiger partial charge in [0, 0.05) is 17.7 Å². The Morgan fingerprint density at radius 2 is 2.00 bits per heavy atom. The van der Waals surface area contributed by atoms with Gasteiger partial charge < -0.3 is 14.6 Å². The van der Waals surface area contributed by atoms with Crippen LogP contribution >= 0.6 is 11.3 Å². The minimum absolute atomic E-state index is 0.0132. The van der Waals surface area contributed by atoms with Crippen molar-refractivity contribution >= 4 is 45.6 Å². The predicted octanol–water partition coefficient (Wildman–Crippen LogP) is 5.12. The highest BCUT2D eigenvalue weighted by Crippen LogP contribution is 2.44. The molecule has 1 aliphatic heterocycles. The van der Waals surface area contributed by atoms with Crippen LogP contribution < -0.4 is 9.64 Å². The Morgan fingerprint density at radius 1 is 1.25 bits per heavy atom. The second kappa shape index (κ2) is 11.9. The molecular weight excluding hydrogens is 538 g/mol. The number of amides is 1. The summed E-state index contributed by atoms with van der Waals surface area (Å²) in [5, 5.41) is 22.9. The van der Waals surface area contributed by atoms with Crippen LogP contribution in [-0.2, 0) is 14.3 Å². The van der Waals surface area contributed by atoms with E-state index in [1.807, 2.05) is 6.92 Å². The topological polar surface area (TPSA) is 149 Å². The number of carbonyl (C=O) groups is 3. The normalized spacial score (nSPS) is 16.1. The molecule has 3 aromatic rings. The number of hydrogen-bond acceptors (Lipinski definition) is 10. The van der Waals surface area contributed by atoms with Crippen molar-refractivity contribution in [2.75, 3.05) is 18.1 Å². The summed E-state index contributed by atoms with van der Waals surface area (Å²) < 4.78 is 10.7. The molecule has 11 nitrogen and oxygen atoms in total. The lowest BCUT2D eigenvalue weighted by Crippen LogP contribution is -2.29. The molecule has 1 aromatic heterocycles. The Hall–Kier alpha value is -4.84. The number of aromatic nitrogens is 1. The van der Waals surface area contributed by atoms with Gasteiger partial charge >= 0.3 is 11.9 Å². The number of benzene rings is 2. The number of aliphatic hydroxyl groups excluding tert-OH is 1.